The molecule has 0 atom stereocenters. The highest BCUT2D eigenvalue weighted by Crippen LogP contribution is 2.42. The zero-order chi connectivity index (χ0) is 26.6. The number of carbonyl (C=O) groups is 1. The Balaban J connectivity index is 1.39. The molecule has 1 aromatic carbocycles. The minimum absolute atomic E-state index is 0.0863. The van der Waals surface area contributed by atoms with Crippen molar-refractivity contribution in [3.63, 3.8) is 0 Å². The van der Waals surface area contributed by atoms with E-state index in [1.165, 1.54) is 0 Å². The molecule has 1 N–H and O–H groups in total. The first-order valence-corrected chi connectivity index (χ1v) is 13.8. The standard InChI is InChI=1S/C28H33ClN6O3/c1-16-10-17(2)30-27(36)22(16)14-34-9-8-20-21(23-15-35(32-31-23)18-12-33(3)13-18)11-24(26(29)25(20)28(34)37)38-19-6-4-5-7-19/h10-11,15,18-19H,4-9,12-14H2,1-3H3,(H,30,36). The van der Waals surface area contributed by atoms with Gasteiger partial charge in [0.25, 0.3) is 11.5 Å². The monoisotopic (exact) mass is 536 g/mol. The number of nitrogens with one attached hydrogen (secondary N) is 1. The third-order valence-corrected chi connectivity index (χ3v) is 8.49. The average Bonchev–Trinajstić information content (AvgIpc) is 3.54. The van der Waals surface area contributed by atoms with Crippen LogP contribution >= 0.6 is 11.6 Å². The predicted molar refractivity (Wildman–Crippen MR) is 145 cm³/mol. The number of pyridine rings is 1. The molecule has 0 unspecified atom stereocenters. The highest BCUT2D eigenvalue weighted by molar-refractivity contribution is 6.35. The van der Waals surface area contributed by atoms with Crippen molar-refractivity contribution in [2.75, 3.05) is 26.7 Å². The van der Waals surface area contributed by atoms with Crippen molar-refractivity contribution >= 4 is 17.5 Å². The van der Waals surface area contributed by atoms with E-state index in [1.54, 1.807) is 4.90 Å². The van der Waals surface area contributed by atoms with Crippen molar-refractivity contribution in [1.82, 2.24) is 29.8 Å². The van der Waals surface area contributed by atoms with E-state index in [0.717, 1.165) is 66.9 Å². The number of benzene rings is 1. The second-order valence-corrected chi connectivity index (χ2v) is 11.4. The number of ether oxygens (including phenoxy) is 1. The van der Waals surface area contributed by atoms with Crippen LogP contribution in [0.2, 0.25) is 5.02 Å². The number of halogens is 1. The van der Waals surface area contributed by atoms with E-state index < -0.39 is 0 Å². The van der Waals surface area contributed by atoms with Crippen molar-refractivity contribution in [2.24, 2.45) is 0 Å². The summed E-state index contributed by atoms with van der Waals surface area (Å²) in [6, 6.07) is 4.17. The number of rotatable bonds is 6. The normalized spacial score (nSPS) is 18.6. The minimum Gasteiger partial charge on any atom is -0.489 e. The van der Waals surface area contributed by atoms with Gasteiger partial charge in [-0.05, 0) is 76.3 Å². The second kappa shape index (κ2) is 9.85. The molecule has 3 aromatic rings. The summed E-state index contributed by atoms with van der Waals surface area (Å²) in [5.74, 6) is 0.326. The predicted octanol–water partition coefficient (Wildman–Crippen LogP) is 3.91. The number of aryl methyl sites for hydroxylation is 2. The summed E-state index contributed by atoms with van der Waals surface area (Å²) in [5, 5.41) is 9.24. The van der Waals surface area contributed by atoms with E-state index in [-0.39, 0.29) is 24.1 Å². The van der Waals surface area contributed by atoms with Gasteiger partial charge < -0.3 is 19.5 Å². The summed E-state index contributed by atoms with van der Waals surface area (Å²) >= 11 is 6.93. The van der Waals surface area contributed by atoms with E-state index >= 15 is 0 Å². The lowest BCUT2D eigenvalue weighted by molar-refractivity contribution is 0.0725. The van der Waals surface area contributed by atoms with Crippen LogP contribution in [0.25, 0.3) is 11.3 Å². The number of hydrogen-bond donors (Lipinski definition) is 1. The maximum atomic E-state index is 13.9. The molecule has 0 radical (unpaired) electrons. The van der Waals surface area contributed by atoms with Crippen molar-refractivity contribution in [1.29, 1.82) is 0 Å². The molecule has 2 fully saturated rings. The quantitative estimate of drug-likeness (QED) is 0.513. The SMILES string of the molecule is Cc1cc(C)c(CN2CCc3c(-c4cn(C5CN(C)C5)nn4)cc(OC4CCCC4)c(Cl)c3C2=O)c(=O)[nH]1. The van der Waals surface area contributed by atoms with Gasteiger partial charge in [-0.1, -0.05) is 16.8 Å². The maximum Gasteiger partial charge on any atom is 0.256 e. The fraction of sp³-hybridized carbons (Fsp3) is 0.500. The smallest absolute Gasteiger partial charge is 0.256 e. The van der Waals surface area contributed by atoms with Gasteiger partial charge in [0.2, 0.25) is 0 Å². The molecule has 1 amide bonds. The molecule has 0 bridgehead atoms. The van der Waals surface area contributed by atoms with E-state index in [1.807, 2.05) is 36.9 Å². The fourth-order valence-corrected chi connectivity index (χ4v) is 6.29. The van der Waals surface area contributed by atoms with Crippen molar-refractivity contribution in [3.8, 4) is 17.0 Å². The van der Waals surface area contributed by atoms with Gasteiger partial charge in [0.15, 0.2) is 0 Å². The number of aromatic nitrogens is 4. The Labute approximate surface area is 226 Å². The first-order chi connectivity index (χ1) is 18.3. The molecule has 6 rings (SSSR count). The van der Waals surface area contributed by atoms with Gasteiger partial charge in [0.05, 0.1) is 35.5 Å². The molecule has 4 heterocycles. The molecule has 200 valence electrons. The van der Waals surface area contributed by atoms with Crippen LogP contribution < -0.4 is 10.3 Å². The summed E-state index contributed by atoms with van der Waals surface area (Å²) in [7, 11) is 2.08. The van der Waals surface area contributed by atoms with Gasteiger partial charge in [-0.25, -0.2) is 4.68 Å². The molecule has 2 aliphatic heterocycles. The Hall–Kier alpha value is -3.17. The minimum atomic E-state index is -0.193. The van der Waals surface area contributed by atoms with E-state index in [2.05, 4.69) is 27.2 Å². The van der Waals surface area contributed by atoms with Crippen molar-refractivity contribution in [2.45, 2.75) is 64.6 Å². The van der Waals surface area contributed by atoms with Gasteiger partial charge in [0.1, 0.15) is 11.4 Å². The molecule has 10 heteroatoms. The maximum absolute atomic E-state index is 13.9. The summed E-state index contributed by atoms with van der Waals surface area (Å²) in [5.41, 5.74) is 4.97. The molecular weight excluding hydrogens is 504 g/mol. The van der Waals surface area contributed by atoms with Crippen LogP contribution in [-0.4, -0.2) is 68.5 Å². The highest BCUT2D eigenvalue weighted by atomic mass is 35.5. The van der Waals surface area contributed by atoms with Crippen LogP contribution in [0.1, 0.15) is 64.5 Å². The molecule has 3 aliphatic rings. The zero-order valence-corrected chi connectivity index (χ0v) is 22.8. The second-order valence-electron chi connectivity index (χ2n) is 11.0. The molecule has 9 nitrogen and oxygen atoms in total. The summed E-state index contributed by atoms with van der Waals surface area (Å²) in [4.78, 5) is 33.4. The first kappa shape index (κ1) is 25.1. The van der Waals surface area contributed by atoms with E-state index in [9.17, 15) is 9.59 Å². The molecular formula is C28H33ClN6O3. The summed E-state index contributed by atoms with van der Waals surface area (Å²) in [6.07, 6.45) is 6.85. The fourth-order valence-electron chi connectivity index (χ4n) is 5.99. The largest absolute Gasteiger partial charge is 0.489 e. The third kappa shape index (κ3) is 4.52. The lowest BCUT2D eigenvalue weighted by Crippen LogP contribution is -2.45. The van der Waals surface area contributed by atoms with Crippen molar-refractivity contribution < 1.29 is 9.53 Å². The summed E-state index contributed by atoms with van der Waals surface area (Å²) in [6.45, 7) is 6.33. The van der Waals surface area contributed by atoms with Crippen LogP contribution in [-0.2, 0) is 13.0 Å². The Morgan fingerprint density at radius 2 is 1.92 bits per heavy atom. The molecule has 2 aromatic heterocycles. The van der Waals surface area contributed by atoms with Gasteiger partial charge in [-0.2, -0.15) is 0 Å². The topological polar surface area (TPSA) is 96.3 Å². The lowest BCUT2D eigenvalue weighted by Gasteiger charge is -2.35. The number of likely N-dealkylation sites (tertiary alicyclic amines) is 1. The molecule has 1 aliphatic carbocycles. The zero-order valence-electron chi connectivity index (χ0n) is 22.1. The van der Waals surface area contributed by atoms with Crippen LogP contribution in [0.15, 0.2) is 23.1 Å². The van der Waals surface area contributed by atoms with Gasteiger partial charge >= 0.3 is 0 Å². The third-order valence-electron chi connectivity index (χ3n) is 8.11. The number of fused-ring (bicyclic) bond motifs is 1. The van der Waals surface area contributed by atoms with Gasteiger partial charge in [-0.3, -0.25) is 9.59 Å². The Morgan fingerprint density at radius 3 is 2.63 bits per heavy atom. The number of amides is 1. The highest BCUT2D eigenvalue weighted by Gasteiger charge is 2.34. The Kier molecular flexibility index (Phi) is 6.52. The number of nitrogens with zero attached hydrogens (tertiary/aromatic N) is 5. The van der Waals surface area contributed by atoms with Crippen LogP contribution in [0.3, 0.4) is 0 Å². The Morgan fingerprint density at radius 1 is 1.16 bits per heavy atom. The number of hydrogen-bond acceptors (Lipinski definition) is 6. The summed E-state index contributed by atoms with van der Waals surface area (Å²) < 4.78 is 8.28. The number of H-pyrrole nitrogens is 1. The Bertz CT molecular complexity index is 1450. The van der Waals surface area contributed by atoms with Crippen LogP contribution in [0.4, 0.5) is 0 Å². The molecule has 1 saturated carbocycles. The van der Waals surface area contributed by atoms with Crippen LogP contribution in [0, 0.1) is 13.8 Å². The van der Waals surface area contributed by atoms with E-state index in [0.29, 0.717) is 40.9 Å². The lowest BCUT2D eigenvalue weighted by atomic mass is 9.91. The number of aromatic amines is 1. The number of carbonyl (C=O) groups excluding carboxylic acids is 1. The van der Waals surface area contributed by atoms with Gasteiger partial charge in [-0.15, -0.1) is 5.10 Å². The molecule has 38 heavy (non-hydrogen) atoms. The molecule has 1 saturated heterocycles. The number of likely N-dealkylation sites (N-methyl/N-ethyl adjacent to an activating group) is 1. The average molecular weight is 537 g/mol. The van der Waals surface area contributed by atoms with Crippen LogP contribution in [0.5, 0.6) is 5.75 Å². The van der Waals surface area contributed by atoms with E-state index in [4.69, 9.17) is 16.3 Å². The van der Waals surface area contributed by atoms with Gasteiger partial charge in [0, 0.05) is 36.5 Å². The molecule has 0 spiro atoms. The van der Waals surface area contributed by atoms with Crippen molar-refractivity contribution in [3.05, 3.63) is 61.7 Å². The first-order valence-electron chi connectivity index (χ1n) is 13.4.